The number of carbonyl (C=O) groups excluding carboxylic acids is 1. The quantitative estimate of drug-likeness (QED) is 0.774. The molecule has 0 bridgehead atoms. The zero-order valence-corrected chi connectivity index (χ0v) is 11.9. The molecule has 1 aromatic carbocycles. The largest absolute Gasteiger partial charge is 0.299 e. The Labute approximate surface area is 110 Å². The number of hydrogen-bond acceptors (Lipinski definition) is 1. The average Bonchev–Trinajstić information content (AvgIpc) is 2.22. The van der Waals surface area contributed by atoms with Crippen LogP contribution >= 0.6 is 27.5 Å². The molecule has 0 spiro atoms. The fourth-order valence-corrected chi connectivity index (χ4v) is 2.36. The van der Waals surface area contributed by atoms with E-state index in [4.69, 9.17) is 11.6 Å². The first-order valence-electron chi connectivity index (χ1n) is 5.51. The molecule has 1 atom stereocenters. The third-order valence-corrected chi connectivity index (χ3v) is 3.50. The molecule has 0 aliphatic heterocycles. The molecule has 16 heavy (non-hydrogen) atoms. The van der Waals surface area contributed by atoms with Crippen LogP contribution in [0.15, 0.2) is 22.7 Å². The summed E-state index contributed by atoms with van der Waals surface area (Å²) in [6.45, 7) is 4.08. The van der Waals surface area contributed by atoms with Crippen LogP contribution < -0.4 is 0 Å². The standard InChI is InChI=1S/C13H16BrClO/c1-3-4-9(2)13(16)7-10-5-6-11(14)8-12(10)15/h5-6,8-9H,3-4,7H2,1-2H3. The number of rotatable bonds is 5. The fraction of sp³-hybridized carbons (Fsp3) is 0.462. The second kappa shape index (κ2) is 6.41. The molecular weight excluding hydrogens is 287 g/mol. The van der Waals surface area contributed by atoms with Crippen LogP contribution in [0, 0.1) is 5.92 Å². The van der Waals surface area contributed by atoms with E-state index in [0.717, 1.165) is 22.9 Å². The molecule has 88 valence electrons. The molecule has 1 aromatic rings. The third-order valence-electron chi connectivity index (χ3n) is 2.65. The van der Waals surface area contributed by atoms with Crippen molar-refractivity contribution in [2.45, 2.75) is 33.1 Å². The van der Waals surface area contributed by atoms with Gasteiger partial charge in [-0.15, -0.1) is 0 Å². The molecule has 0 aliphatic rings. The van der Waals surface area contributed by atoms with E-state index in [1.165, 1.54) is 0 Å². The highest BCUT2D eigenvalue weighted by Gasteiger charge is 2.14. The average molecular weight is 304 g/mol. The Morgan fingerprint density at radius 1 is 1.50 bits per heavy atom. The first-order chi connectivity index (χ1) is 7.54. The van der Waals surface area contributed by atoms with Gasteiger partial charge in [-0.05, 0) is 24.1 Å². The number of halogens is 2. The Morgan fingerprint density at radius 2 is 2.19 bits per heavy atom. The highest BCUT2D eigenvalue weighted by molar-refractivity contribution is 9.10. The lowest BCUT2D eigenvalue weighted by Crippen LogP contribution is -2.13. The van der Waals surface area contributed by atoms with E-state index < -0.39 is 0 Å². The molecule has 0 radical (unpaired) electrons. The minimum Gasteiger partial charge on any atom is -0.299 e. The number of ketones is 1. The summed E-state index contributed by atoms with van der Waals surface area (Å²) in [4.78, 5) is 11.9. The summed E-state index contributed by atoms with van der Waals surface area (Å²) in [7, 11) is 0. The number of Topliss-reactive ketones (excluding diaryl/α,β-unsaturated/α-hetero) is 1. The van der Waals surface area contributed by atoms with Gasteiger partial charge in [0.1, 0.15) is 5.78 Å². The van der Waals surface area contributed by atoms with Crippen LogP contribution in [-0.4, -0.2) is 5.78 Å². The Kier molecular flexibility index (Phi) is 5.50. The van der Waals surface area contributed by atoms with E-state index in [1.54, 1.807) is 0 Å². The van der Waals surface area contributed by atoms with Gasteiger partial charge in [0.15, 0.2) is 0 Å². The molecule has 1 rings (SSSR count). The summed E-state index contributed by atoms with van der Waals surface area (Å²) in [5.41, 5.74) is 0.915. The van der Waals surface area contributed by atoms with Crippen molar-refractivity contribution in [3.8, 4) is 0 Å². The van der Waals surface area contributed by atoms with E-state index in [1.807, 2.05) is 25.1 Å². The topological polar surface area (TPSA) is 17.1 Å². The molecule has 0 saturated carbocycles. The van der Waals surface area contributed by atoms with Gasteiger partial charge < -0.3 is 0 Å². The van der Waals surface area contributed by atoms with E-state index in [-0.39, 0.29) is 11.7 Å². The molecule has 1 nitrogen and oxygen atoms in total. The minimum atomic E-state index is 0.129. The zero-order valence-electron chi connectivity index (χ0n) is 9.59. The van der Waals surface area contributed by atoms with Gasteiger partial charge in [-0.25, -0.2) is 0 Å². The highest BCUT2D eigenvalue weighted by Crippen LogP contribution is 2.23. The molecule has 0 aliphatic carbocycles. The van der Waals surface area contributed by atoms with Crippen molar-refractivity contribution in [3.63, 3.8) is 0 Å². The summed E-state index contributed by atoms with van der Waals surface area (Å²) in [6.07, 6.45) is 2.43. The molecular formula is C13H16BrClO. The van der Waals surface area contributed by atoms with Crippen molar-refractivity contribution < 1.29 is 4.79 Å². The number of hydrogen-bond donors (Lipinski definition) is 0. The van der Waals surface area contributed by atoms with Crippen molar-refractivity contribution in [1.82, 2.24) is 0 Å². The minimum absolute atomic E-state index is 0.129. The molecule has 0 heterocycles. The van der Waals surface area contributed by atoms with Gasteiger partial charge in [-0.2, -0.15) is 0 Å². The maximum absolute atomic E-state index is 11.9. The first-order valence-corrected chi connectivity index (χ1v) is 6.68. The Morgan fingerprint density at radius 3 is 2.75 bits per heavy atom. The van der Waals surface area contributed by atoms with Crippen LogP contribution in [0.25, 0.3) is 0 Å². The van der Waals surface area contributed by atoms with E-state index >= 15 is 0 Å². The second-order valence-corrected chi connectivity index (χ2v) is 5.39. The van der Waals surface area contributed by atoms with Crippen LogP contribution in [0.1, 0.15) is 32.3 Å². The van der Waals surface area contributed by atoms with Crippen LogP contribution in [0.4, 0.5) is 0 Å². The van der Waals surface area contributed by atoms with Gasteiger partial charge in [0, 0.05) is 21.8 Å². The smallest absolute Gasteiger partial charge is 0.140 e. The highest BCUT2D eigenvalue weighted by atomic mass is 79.9. The zero-order chi connectivity index (χ0) is 12.1. The van der Waals surface area contributed by atoms with Crippen LogP contribution in [0.2, 0.25) is 5.02 Å². The molecule has 0 aromatic heterocycles. The van der Waals surface area contributed by atoms with Gasteiger partial charge in [-0.1, -0.05) is 53.9 Å². The van der Waals surface area contributed by atoms with Gasteiger partial charge in [-0.3, -0.25) is 4.79 Å². The predicted molar refractivity (Wildman–Crippen MR) is 71.9 cm³/mol. The van der Waals surface area contributed by atoms with Crippen molar-refractivity contribution in [3.05, 3.63) is 33.3 Å². The number of benzene rings is 1. The van der Waals surface area contributed by atoms with Crippen LogP contribution in [-0.2, 0) is 11.2 Å². The summed E-state index contributed by atoms with van der Waals surface area (Å²) in [6, 6.07) is 5.65. The molecule has 3 heteroatoms. The Bertz CT molecular complexity index is 376. The number of carbonyl (C=O) groups is 1. The van der Waals surface area contributed by atoms with Crippen LogP contribution in [0.5, 0.6) is 0 Å². The Hall–Kier alpha value is -0.340. The second-order valence-electron chi connectivity index (χ2n) is 4.07. The third kappa shape index (κ3) is 3.91. The van der Waals surface area contributed by atoms with Crippen molar-refractivity contribution in [2.24, 2.45) is 5.92 Å². The molecule has 0 amide bonds. The molecule has 0 N–H and O–H groups in total. The van der Waals surface area contributed by atoms with Gasteiger partial charge in [0.05, 0.1) is 0 Å². The van der Waals surface area contributed by atoms with Crippen LogP contribution in [0.3, 0.4) is 0 Å². The summed E-state index contributed by atoms with van der Waals surface area (Å²) in [5.74, 6) is 0.399. The first kappa shape index (κ1) is 13.7. The normalized spacial score (nSPS) is 12.5. The predicted octanol–water partition coefficient (Wildman–Crippen LogP) is 4.65. The SMILES string of the molecule is CCCC(C)C(=O)Cc1ccc(Br)cc1Cl. The lowest BCUT2D eigenvalue weighted by molar-refractivity contribution is -0.121. The van der Waals surface area contributed by atoms with Gasteiger partial charge in [0.25, 0.3) is 0 Å². The fourth-order valence-electron chi connectivity index (χ4n) is 1.62. The Balaban J connectivity index is 2.69. The lowest BCUT2D eigenvalue weighted by Gasteiger charge is -2.10. The summed E-state index contributed by atoms with van der Waals surface area (Å²) < 4.78 is 0.940. The van der Waals surface area contributed by atoms with Crippen molar-refractivity contribution in [1.29, 1.82) is 0 Å². The summed E-state index contributed by atoms with van der Waals surface area (Å²) >= 11 is 9.42. The molecule has 1 unspecified atom stereocenters. The molecule has 0 saturated heterocycles. The van der Waals surface area contributed by atoms with Gasteiger partial charge >= 0.3 is 0 Å². The monoisotopic (exact) mass is 302 g/mol. The van der Waals surface area contributed by atoms with E-state index in [2.05, 4.69) is 22.9 Å². The lowest BCUT2D eigenvalue weighted by atomic mass is 9.96. The van der Waals surface area contributed by atoms with Crippen molar-refractivity contribution >= 4 is 33.3 Å². The maximum Gasteiger partial charge on any atom is 0.140 e. The van der Waals surface area contributed by atoms with E-state index in [9.17, 15) is 4.79 Å². The van der Waals surface area contributed by atoms with E-state index in [0.29, 0.717) is 11.4 Å². The summed E-state index contributed by atoms with van der Waals surface area (Å²) in [5, 5.41) is 0.659. The molecule has 0 fully saturated rings. The van der Waals surface area contributed by atoms with Crippen molar-refractivity contribution in [2.75, 3.05) is 0 Å². The van der Waals surface area contributed by atoms with Gasteiger partial charge in [0.2, 0.25) is 0 Å². The maximum atomic E-state index is 11.9.